The van der Waals surface area contributed by atoms with Gasteiger partial charge in [-0.2, -0.15) is 0 Å². The zero-order chi connectivity index (χ0) is 10.4. The van der Waals surface area contributed by atoms with Crippen LogP contribution < -0.4 is 0 Å². The molecular weight excluding hydrogens is 188 g/mol. The Kier molecular flexibility index (Phi) is 4.03. The molecule has 1 aliphatic heterocycles. The summed E-state index contributed by atoms with van der Waals surface area (Å²) in [5.74, 6) is 0. The molecule has 14 heavy (non-hydrogen) atoms. The number of ether oxygens (including phenoxy) is 2. The van der Waals surface area contributed by atoms with Crippen LogP contribution in [0.2, 0.25) is 0 Å². The normalized spacial score (nSPS) is 30.5. The molecule has 0 aromatic rings. The molecular formula is C6H10N6O2. The van der Waals surface area contributed by atoms with Crippen molar-refractivity contribution in [3.05, 3.63) is 20.9 Å². The van der Waals surface area contributed by atoms with Gasteiger partial charge in [-0.25, -0.2) is 0 Å². The van der Waals surface area contributed by atoms with Crippen molar-refractivity contribution < 1.29 is 9.47 Å². The molecule has 1 saturated heterocycles. The molecule has 0 amide bonds. The summed E-state index contributed by atoms with van der Waals surface area (Å²) < 4.78 is 10.3. The van der Waals surface area contributed by atoms with E-state index in [-0.39, 0.29) is 25.0 Å². The van der Waals surface area contributed by atoms with E-state index in [2.05, 4.69) is 20.1 Å². The van der Waals surface area contributed by atoms with Gasteiger partial charge in [0.2, 0.25) is 0 Å². The van der Waals surface area contributed by atoms with E-state index in [1.165, 1.54) is 7.11 Å². The molecule has 8 nitrogen and oxygen atoms in total. The first-order valence-electron chi connectivity index (χ1n) is 4.05. The fourth-order valence-electron chi connectivity index (χ4n) is 1.31. The van der Waals surface area contributed by atoms with Crippen LogP contribution in [0.15, 0.2) is 10.2 Å². The number of nitrogens with zero attached hydrogens (tertiary/aromatic N) is 6. The number of methoxy groups -OCH3 is 1. The smallest absolute Gasteiger partial charge is 0.158 e. The van der Waals surface area contributed by atoms with Crippen LogP contribution in [0.1, 0.15) is 6.42 Å². The van der Waals surface area contributed by atoms with Gasteiger partial charge in [-0.3, -0.25) is 0 Å². The third-order valence-corrected chi connectivity index (χ3v) is 1.98. The minimum atomic E-state index is -0.385. The van der Waals surface area contributed by atoms with Gasteiger partial charge in [0, 0.05) is 23.4 Å². The topological polar surface area (TPSA) is 116 Å². The van der Waals surface area contributed by atoms with Crippen LogP contribution in [0.5, 0.6) is 0 Å². The van der Waals surface area contributed by atoms with Crippen LogP contribution in [0, 0.1) is 0 Å². The lowest BCUT2D eigenvalue weighted by Crippen LogP contribution is -2.22. The van der Waals surface area contributed by atoms with E-state index in [0.717, 1.165) is 0 Å². The standard InChI is InChI=1S/C6H10N6O2/c1-13-6-2-4(10-12-8)5(14-6)3-9-11-7/h4-6H,2-3H2,1H3/t4-,5+,6?/m0/s1. The molecule has 8 heteroatoms. The van der Waals surface area contributed by atoms with Crippen LogP contribution >= 0.6 is 0 Å². The minimum Gasteiger partial charge on any atom is -0.356 e. The maximum atomic E-state index is 8.29. The quantitative estimate of drug-likeness (QED) is 0.388. The maximum Gasteiger partial charge on any atom is 0.158 e. The molecule has 3 atom stereocenters. The van der Waals surface area contributed by atoms with Crippen molar-refractivity contribution in [2.45, 2.75) is 24.9 Å². The van der Waals surface area contributed by atoms with E-state index in [1.54, 1.807) is 0 Å². The van der Waals surface area contributed by atoms with Crippen molar-refractivity contribution >= 4 is 0 Å². The van der Waals surface area contributed by atoms with Crippen LogP contribution in [-0.4, -0.2) is 32.1 Å². The van der Waals surface area contributed by atoms with E-state index in [4.69, 9.17) is 20.5 Å². The Morgan fingerprint density at radius 3 is 2.86 bits per heavy atom. The average molecular weight is 198 g/mol. The molecule has 0 bridgehead atoms. The zero-order valence-electron chi connectivity index (χ0n) is 7.65. The molecule has 0 aromatic carbocycles. The summed E-state index contributed by atoms with van der Waals surface area (Å²) in [4.78, 5) is 5.31. The van der Waals surface area contributed by atoms with Crippen LogP contribution in [-0.2, 0) is 9.47 Å². The van der Waals surface area contributed by atoms with Gasteiger partial charge in [0.15, 0.2) is 6.29 Å². The van der Waals surface area contributed by atoms with Gasteiger partial charge in [0.1, 0.15) is 0 Å². The second-order valence-electron chi connectivity index (χ2n) is 2.76. The summed E-state index contributed by atoms with van der Waals surface area (Å²) in [6.45, 7) is 0.153. The number of hydrogen-bond acceptors (Lipinski definition) is 4. The number of rotatable bonds is 4. The highest BCUT2D eigenvalue weighted by Crippen LogP contribution is 2.24. The van der Waals surface area contributed by atoms with E-state index >= 15 is 0 Å². The predicted molar refractivity (Wildman–Crippen MR) is 47.2 cm³/mol. The second-order valence-corrected chi connectivity index (χ2v) is 2.76. The van der Waals surface area contributed by atoms with E-state index in [1.807, 2.05) is 0 Å². The highest BCUT2D eigenvalue weighted by atomic mass is 16.7. The van der Waals surface area contributed by atoms with Crippen molar-refractivity contribution in [2.75, 3.05) is 13.7 Å². The van der Waals surface area contributed by atoms with Gasteiger partial charge >= 0.3 is 0 Å². The highest BCUT2D eigenvalue weighted by Gasteiger charge is 2.33. The van der Waals surface area contributed by atoms with Gasteiger partial charge < -0.3 is 9.47 Å². The fraction of sp³-hybridized carbons (Fsp3) is 1.00. The van der Waals surface area contributed by atoms with Gasteiger partial charge in [-0.15, -0.1) is 0 Å². The predicted octanol–water partition coefficient (Wildman–Crippen LogP) is 1.74. The van der Waals surface area contributed by atoms with Crippen molar-refractivity contribution in [1.82, 2.24) is 0 Å². The van der Waals surface area contributed by atoms with Crippen molar-refractivity contribution in [3.8, 4) is 0 Å². The molecule has 0 radical (unpaired) electrons. The monoisotopic (exact) mass is 198 g/mol. The van der Waals surface area contributed by atoms with Crippen molar-refractivity contribution in [3.63, 3.8) is 0 Å². The summed E-state index contributed by atoms with van der Waals surface area (Å²) in [6.07, 6.45) is -0.275. The molecule has 76 valence electrons. The van der Waals surface area contributed by atoms with E-state index < -0.39 is 0 Å². The van der Waals surface area contributed by atoms with E-state index in [9.17, 15) is 0 Å². The third-order valence-electron chi connectivity index (χ3n) is 1.98. The Labute approximate surface area is 80.1 Å². The highest BCUT2D eigenvalue weighted by molar-refractivity contribution is 4.86. The first kappa shape index (κ1) is 10.6. The lowest BCUT2D eigenvalue weighted by atomic mass is 10.1. The molecule has 1 heterocycles. The Bertz CT molecular complexity index is 282. The van der Waals surface area contributed by atoms with Crippen molar-refractivity contribution in [1.29, 1.82) is 0 Å². The summed E-state index contributed by atoms with van der Waals surface area (Å²) >= 11 is 0. The zero-order valence-corrected chi connectivity index (χ0v) is 7.65. The third kappa shape index (κ3) is 2.51. The molecule has 0 aromatic heterocycles. The molecule has 1 rings (SSSR count). The molecule has 0 saturated carbocycles. The number of hydrogen-bond donors (Lipinski definition) is 0. The van der Waals surface area contributed by atoms with Gasteiger partial charge in [0.05, 0.1) is 18.7 Å². The molecule has 0 aliphatic carbocycles. The van der Waals surface area contributed by atoms with Gasteiger partial charge in [-0.05, 0) is 11.1 Å². The second kappa shape index (κ2) is 5.31. The molecule has 1 fully saturated rings. The maximum absolute atomic E-state index is 8.29. The summed E-state index contributed by atoms with van der Waals surface area (Å²) in [7, 11) is 1.51. The summed E-state index contributed by atoms with van der Waals surface area (Å²) in [5.41, 5.74) is 16.4. The summed E-state index contributed by atoms with van der Waals surface area (Å²) in [6, 6.07) is -0.324. The Morgan fingerprint density at radius 2 is 2.29 bits per heavy atom. The number of azide groups is 2. The largest absolute Gasteiger partial charge is 0.356 e. The lowest BCUT2D eigenvalue weighted by Gasteiger charge is -2.10. The molecule has 1 aliphatic rings. The average Bonchev–Trinajstić information content (AvgIpc) is 2.58. The van der Waals surface area contributed by atoms with Crippen LogP contribution in [0.25, 0.3) is 20.9 Å². The van der Waals surface area contributed by atoms with Crippen LogP contribution in [0.4, 0.5) is 0 Å². The lowest BCUT2D eigenvalue weighted by molar-refractivity contribution is -0.112. The Hall–Kier alpha value is -1.46. The Balaban J connectivity index is 2.61. The summed E-state index contributed by atoms with van der Waals surface area (Å²) in [5, 5.41) is 6.92. The molecule has 0 N–H and O–H groups in total. The van der Waals surface area contributed by atoms with Gasteiger partial charge in [0.25, 0.3) is 0 Å². The minimum absolute atomic E-state index is 0.153. The molecule has 0 spiro atoms. The first-order valence-corrected chi connectivity index (χ1v) is 4.05. The van der Waals surface area contributed by atoms with Crippen LogP contribution in [0.3, 0.4) is 0 Å². The fourth-order valence-corrected chi connectivity index (χ4v) is 1.31. The SMILES string of the molecule is COC1C[C@H](N=[N+]=[N-])[C@@H](CN=[N+]=[N-])O1. The van der Waals surface area contributed by atoms with Crippen molar-refractivity contribution in [2.24, 2.45) is 10.2 Å². The molecule has 1 unspecified atom stereocenters. The van der Waals surface area contributed by atoms with Gasteiger partial charge in [-0.1, -0.05) is 10.2 Å². The first-order chi connectivity index (χ1) is 6.81. The Morgan fingerprint density at radius 1 is 1.50 bits per heavy atom. The van der Waals surface area contributed by atoms with E-state index in [0.29, 0.717) is 6.42 Å².